The molecular formula is C23H21NO2S. The van der Waals surface area contributed by atoms with E-state index in [2.05, 4.69) is 4.90 Å². The van der Waals surface area contributed by atoms with Crippen LogP contribution >= 0.6 is 12.2 Å². The third kappa shape index (κ3) is 3.86. The maximum Gasteiger partial charge on any atom is 0.344 e. The Hall–Kier alpha value is -2.72. The molecule has 0 aliphatic carbocycles. The van der Waals surface area contributed by atoms with E-state index in [0.717, 1.165) is 34.4 Å². The van der Waals surface area contributed by atoms with E-state index in [1.807, 2.05) is 54.6 Å². The summed E-state index contributed by atoms with van der Waals surface area (Å²) in [6.45, 7) is 2.00. The van der Waals surface area contributed by atoms with Crippen molar-refractivity contribution < 1.29 is 9.53 Å². The van der Waals surface area contributed by atoms with E-state index in [4.69, 9.17) is 17.0 Å². The van der Waals surface area contributed by atoms with Crippen LogP contribution in [0.3, 0.4) is 0 Å². The lowest BCUT2D eigenvalue weighted by atomic mass is 10.0. The molecule has 0 atom stereocenters. The van der Waals surface area contributed by atoms with Crippen molar-refractivity contribution in [1.82, 2.24) is 4.90 Å². The maximum atomic E-state index is 12.7. The van der Waals surface area contributed by atoms with E-state index >= 15 is 0 Å². The van der Waals surface area contributed by atoms with Crippen molar-refractivity contribution in [1.29, 1.82) is 0 Å². The normalized spacial score (nSPS) is 14.1. The van der Waals surface area contributed by atoms with Crippen LogP contribution in [0.5, 0.6) is 5.75 Å². The summed E-state index contributed by atoms with van der Waals surface area (Å²) in [5.74, 6) is 0.164. The molecule has 4 rings (SSSR count). The number of carbonyl (C=O) groups excluding carboxylic acids is 1. The molecule has 1 aliphatic heterocycles. The molecule has 3 aromatic rings. The molecule has 3 aromatic carbocycles. The molecular weight excluding hydrogens is 354 g/mol. The van der Waals surface area contributed by atoms with Gasteiger partial charge in [0.2, 0.25) is 0 Å². The molecule has 1 aliphatic rings. The summed E-state index contributed by atoms with van der Waals surface area (Å²) < 4.78 is 5.67. The highest BCUT2D eigenvalue weighted by atomic mass is 32.1. The molecule has 4 heteroatoms. The second-order valence-corrected chi connectivity index (χ2v) is 7.18. The Bertz CT molecular complexity index is 987. The smallest absolute Gasteiger partial charge is 0.344 e. The quantitative estimate of drug-likeness (QED) is 0.357. The molecule has 0 bridgehead atoms. The summed E-state index contributed by atoms with van der Waals surface area (Å²) in [5, 5.41) is 1.91. The molecule has 136 valence electrons. The lowest BCUT2D eigenvalue weighted by Gasteiger charge is -2.29. The zero-order chi connectivity index (χ0) is 18.6. The maximum absolute atomic E-state index is 12.7. The molecule has 1 heterocycles. The summed E-state index contributed by atoms with van der Waals surface area (Å²) >= 11 is 5.66. The van der Waals surface area contributed by atoms with Crippen LogP contribution in [0.2, 0.25) is 0 Å². The minimum atomic E-state index is -0.354. The zero-order valence-electron chi connectivity index (χ0n) is 15.1. The highest BCUT2D eigenvalue weighted by molar-refractivity contribution is 7.80. The largest absolute Gasteiger partial charge is 0.423 e. The van der Waals surface area contributed by atoms with Gasteiger partial charge >= 0.3 is 5.97 Å². The Morgan fingerprint density at radius 3 is 2.48 bits per heavy atom. The van der Waals surface area contributed by atoms with E-state index in [0.29, 0.717) is 11.3 Å². The van der Waals surface area contributed by atoms with Gasteiger partial charge in [-0.1, -0.05) is 60.7 Å². The van der Waals surface area contributed by atoms with Crippen molar-refractivity contribution in [2.75, 3.05) is 13.1 Å². The third-order valence-electron chi connectivity index (χ3n) is 4.94. The van der Waals surface area contributed by atoms with E-state index in [1.165, 1.54) is 19.3 Å². The third-order valence-corrected chi connectivity index (χ3v) is 5.44. The lowest BCUT2D eigenvalue weighted by Crippen LogP contribution is -2.34. The highest BCUT2D eigenvalue weighted by Gasteiger charge is 2.16. The summed E-state index contributed by atoms with van der Waals surface area (Å²) in [6.07, 6.45) is 3.62. The molecule has 0 amide bonds. The topological polar surface area (TPSA) is 29.5 Å². The highest BCUT2D eigenvalue weighted by Crippen LogP contribution is 2.22. The van der Waals surface area contributed by atoms with Crippen LogP contribution in [0, 0.1) is 0 Å². The van der Waals surface area contributed by atoms with Crippen LogP contribution in [-0.2, 0) is 0 Å². The van der Waals surface area contributed by atoms with Crippen LogP contribution in [0.25, 0.3) is 10.8 Å². The number of ether oxygens (including phenoxy) is 1. The Morgan fingerprint density at radius 1 is 0.889 bits per heavy atom. The first-order chi connectivity index (χ1) is 13.2. The number of thiocarbonyl (C=S) groups is 1. The van der Waals surface area contributed by atoms with Gasteiger partial charge in [-0.2, -0.15) is 0 Å². The second-order valence-electron chi connectivity index (χ2n) is 6.80. The molecule has 3 nitrogen and oxygen atoms in total. The van der Waals surface area contributed by atoms with Crippen LogP contribution in [0.4, 0.5) is 0 Å². The molecule has 27 heavy (non-hydrogen) atoms. The molecule has 0 unspecified atom stereocenters. The number of nitrogens with zero attached hydrogens (tertiary/aromatic N) is 1. The molecule has 0 radical (unpaired) electrons. The predicted molar refractivity (Wildman–Crippen MR) is 112 cm³/mol. The number of fused-ring (bicyclic) bond motifs is 1. The average molecular weight is 375 g/mol. The van der Waals surface area contributed by atoms with Crippen molar-refractivity contribution in [2.24, 2.45) is 0 Å². The summed E-state index contributed by atoms with van der Waals surface area (Å²) in [4.78, 5) is 15.8. The number of rotatable bonds is 3. The molecule has 1 saturated heterocycles. The number of carbonyl (C=O) groups is 1. The van der Waals surface area contributed by atoms with E-state index in [9.17, 15) is 4.79 Å². The molecule has 0 spiro atoms. The first kappa shape index (κ1) is 17.7. The van der Waals surface area contributed by atoms with Crippen molar-refractivity contribution in [3.05, 3.63) is 77.9 Å². The fourth-order valence-electron chi connectivity index (χ4n) is 3.54. The minimum Gasteiger partial charge on any atom is -0.423 e. The van der Waals surface area contributed by atoms with Gasteiger partial charge in [-0.3, -0.25) is 0 Å². The van der Waals surface area contributed by atoms with E-state index in [1.54, 1.807) is 12.1 Å². The van der Waals surface area contributed by atoms with Gasteiger partial charge in [-0.05, 0) is 48.2 Å². The monoisotopic (exact) mass is 375 g/mol. The fourth-order valence-corrected chi connectivity index (χ4v) is 3.85. The Balaban J connectivity index is 1.55. The van der Waals surface area contributed by atoms with Gasteiger partial charge in [0.25, 0.3) is 0 Å². The van der Waals surface area contributed by atoms with Crippen molar-refractivity contribution in [3.63, 3.8) is 0 Å². The first-order valence-corrected chi connectivity index (χ1v) is 9.72. The van der Waals surface area contributed by atoms with Crippen molar-refractivity contribution in [3.8, 4) is 5.75 Å². The van der Waals surface area contributed by atoms with Gasteiger partial charge in [-0.25, -0.2) is 4.79 Å². The number of hydrogen-bond acceptors (Lipinski definition) is 3. The average Bonchev–Trinajstić information content (AvgIpc) is 2.73. The van der Waals surface area contributed by atoms with E-state index < -0.39 is 0 Å². The van der Waals surface area contributed by atoms with Gasteiger partial charge in [0.05, 0.1) is 5.56 Å². The lowest BCUT2D eigenvalue weighted by molar-refractivity contribution is 0.0737. The minimum absolute atomic E-state index is 0.354. The van der Waals surface area contributed by atoms with Crippen LogP contribution in [-0.4, -0.2) is 28.9 Å². The second kappa shape index (κ2) is 7.89. The Labute approximate surface area is 164 Å². The van der Waals surface area contributed by atoms with Gasteiger partial charge in [0.15, 0.2) is 0 Å². The molecule has 1 fully saturated rings. The standard InChI is InChI=1S/C23H21NO2S/c25-23(21-13-7-9-17-8-2-3-12-20(17)21)26-19-11-6-10-18(16-19)22(27)24-14-4-1-5-15-24/h2-3,6-13,16H,1,4-5,14-15H2. The fraction of sp³-hybridized carbons (Fsp3) is 0.217. The van der Waals surface area contributed by atoms with E-state index in [-0.39, 0.29) is 5.97 Å². The Morgan fingerprint density at radius 2 is 1.63 bits per heavy atom. The van der Waals surface area contributed by atoms with Gasteiger partial charge in [-0.15, -0.1) is 0 Å². The van der Waals surface area contributed by atoms with Gasteiger partial charge < -0.3 is 9.64 Å². The predicted octanol–water partition coefficient (Wildman–Crippen LogP) is 5.22. The van der Waals surface area contributed by atoms with Crippen molar-refractivity contribution in [2.45, 2.75) is 19.3 Å². The summed E-state index contributed by atoms with van der Waals surface area (Å²) in [7, 11) is 0. The molecule has 0 saturated carbocycles. The van der Waals surface area contributed by atoms with Crippen LogP contribution in [0.15, 0.2) is 66.7 Å². The summed E-state index contributed by atoms with van der Waals surface area (Å²) in [6, 6.07) is 21.0. The number of likely N-dealkylation sites (tertiary alicyclic amines) is 1. The SMILES string of the molecule is O=C(Oc1cccc(C(=S)N2CCCCC2)c1)c1cccc2ccccc12. The number of hydrogen-bond donors (Lipinski definition) is 0. The number of esters is 1. The van der Waals surface area contributed by atoms with Crippen LogP contribution in [0.1, 0.15) is 35.2 Å². The van der Waals surface area contributed by atoms with Crippen LogP contribution < -0.4 is 4.74 Å². The Kier molecular flexibility index (Phi) is 5.16. The number of benzene rings is 3. The van der Waals surface area contributed by atoms with Gasteiger partial charge in [0, 0.05) is 18.7 Å². The number of piperidine rings is 1. The molecule has 0 aromatic heterocycles. The van der Waals surface area contributed by atoms with Crippen molar-refractivity contribution >= 4 is 33.9 Å². The first-order valence-electron chi connectivity index (χ1n) is 9.32. The molecule has 0 N–H and O–H groups in total. The zero-order valence-corrected chi connectivity index (χ0v) is 15.9. The summed E-state index contributed by atoms with van der Waals surface area (Å²) in [5.41, 5.74) is 1.49. The van der Waals surface area contributed by atoms with Gasteiger partial charge in [0.1, 0.15) is 10.7 Å².